The largest absolute Gasteiger partial charge is 0.496 e. The number of nitrogens with zero attached hydrogens (tertiary/aromatic N) is 2. The van der Waals surface area contributed by atoms with Gasteiger partial charge in [0.2, 0.25) is 0 Å². The SMILES string of the molecule is C=C(N)c1cn(Cc2cc(F)ccc2OC)c2c(C)ccnc12. The van der Waals surface area contributed by atoms with E-state index in [0.29, 0.717) is 18.0 Å². The molecule has 4 nitrogen and oxygen atoms in total. The van der Waals surface area contributed by atoms with Gasteiger partial charge >= 0.3 is 0 Å². The Bertz CT molecular complexity index is 899. The van der Waals surface area contributed by atoms with Crippen LogP contribution in [0.15, 0.2) is 43.2 Å². The maximum atomic E-state index is 13.6. The van der Waals surface area contributed by atoms with Crippen molar-refractivity contribution in [1.29, 1.82) is 0 Å². The molecule has 5 heteroatoms. The van der Waals surface area contributed by atoms with E-state index in [9.17, 15) is 4.39 Å². The minimum atomic E-state index is -0.296. The van der Waals surface area contributed by atoms with E-state index in [1.807, 2.05) is 23.8 Å². The number of pyridine rings is 1. The van der Waals surface area contributed by atoms with Gasteiger partial charge < -0.3 is 15.0 Å². The second-order valence-corrected chi connectivity index (χ2v) is 5.48. The van der Waals surface area contributed by atoms with E-state index in [1.54, 1.807) is 19.4 Å². The van der Waals surface area contributed by atoms with Gasteiger partial charge in [-0.3, -0.25) is 4.98 Å². The van der Waals surface area contributed by atoms with Gasteiger partial charge in [0.1, 0.15) is 11.6 Å². The van der Waals surface area contributed by atoms with Gasteiger partial charge in [-0.05, 0) is 36.8 Å². The van der Waals surface area contributed by atoms with Crippen molar-refractivity contribution in [1.82, 2.24) is 9.55 Å². The number of rotatable bonds is 4. The Morgan fingerprint density at radius 1 is 1.39 bits per heavy atom. The fraction of sp³-hybridized carbons (Fsp3) is 0.167. The van der Waals surface area contributed by atoms with Crippen LogP contribution in [-0.2, 0) is 6.54 Å². The van der Waals surface area contributed by atoms with Crippen LogP contribution in [0.2, 0.25) is 0 Å². The van der Waals surface area contributed by atoms with Gasteiger partial charge in [-0.1, -0.05) is 6.58 Å². The van der Waals surface area contributed by atoms with Crippen LogP contribution in [0.5, 0.6) is 5.75 Å². The molecule has 2 aromatic heterocycles. The molecule has 1 aromatic carbocycles. The smallest absolute Gasteiger partial charge is 0.124 e. The molecule has 0 aliphatic rings. The van der Waals surface area contributed by atoms with Crippen LogP contribution < -0.4 is 10.5 Å². The Hall–Kier alpha value is -2.82. The molecule has 0 spiro atoms. The second kappa shape index (κ2) is 5.76. The van der Waals surface area contributed by atoms with Crippen LogP contribution >= 0.6 is 0 Å². The first kappa shape index (κ1) is 15.1. The van der Waals surface area contributed by atoms with Crippen LogP contribution in [0.4, 0.5) is 4.39 Å². The maximum absolute atomic E-state index is 13.6. The standard InChI is InChI=1S/C18H18FN3O/c1-11-6-7-21-17-15(12(2)20)10-22(18(11)17)9-13-8-14(19)4-5-16(13)23-3/h4-8,10H,2,9,20H2,1,3H3. The number of ether oxygens (including phenoxy) is 1. The summed E-state index contributed by atoms with van der Waals surface area (Å²) < 4.78 is 20.9. The average molecular weight is 311 g/mol. The highest BCUT2D eigenvalue weighted by molar-refractivity contribution is 5.90. The Kier molecular flexibility index (Phi) is 3.78. The number of nitrogens with two attached hydrogens (primary N) is 1. The van der Waals surface area contributed by atoms with Crippen LogP contribution in [0.3, 0.4) is 0 Å². The molecule has 23 heavy (non-hydrogen) atoms. The molecule has 2 N–H and O–H groups in total. The lowest BCUT2D eigenvalue weighted by Crippen LogP contribution is -2.02. The van der Waals surface area contributed by atoms with Gasteiger partial charge in [0.05, 0.1) is 24.7 Å². The van der Waals surface area contributed by atoms with Crippen molar-refractivity contribution < 1.29 is 9.13 Å². The summed E-state index contributed by atoms with van der Waals surface area (Å²) in [5.74, 6) is 0.346. The van der Waals surface area contributed by atoms with E-state index < -0.39 is 0 Å². The van der Waals surface area contributed by atoms with Gasteiger partial charge in [-0.25, -0.2) is 4.39 Å². The molecular weight excluding hydrogens is 293 g/mol. The molecule has 0 aliphatic carbocycles. The molecule has 118 valence electrons. The van der Waals surface area contributed by atoms with E-state index >= 15 is 0 Å². The monoisotopic (exact) mass is 311 g/mol. The minimum Gasteiger partial charge on any atom is -0.496 e. The number of benzene rings is 1. The highest BCUT2D eigenvalue weighted by Gasteiger charge is 2.14. The van der Waals surface area contributed by atoms with Crippen molar-refractivity contribution in [3.05, 3.63) is 65.7 Å². The molecule has 0 aliphatic heterocycles. The zero-order chi connectivity index (χ0) is 16.6. The molecular formula is C18H18FN3O. The number of hydrogen-bond donors (Lipinski definition) is 1. The molecule has 0 radical (unpaired) electrons. The summed E-state index contributed by atoms with van der Waals surface area (Å²) in [4.78, 5) is 4.42. The summed E-state index contributed by atoms with van der Waals surface area (Å²) in [6.07, 6.45) is 3.65. The highest BCUT2D eigenvalue weighted by atomic mass is 19.1. The predicted molar refractivity (Wildman–Crippen MR) is 89.7 cm³/mol. The molecule has 3 rings (SSSR count). The third-order valence-corrected chi connectivity index (χ3v) is 3.88. The summed E-state index contributed by atoms with van der Waals surface area (Å²) in [5.41, 5.74) is 10.7. The van der Waals surface area contributed by atoms with Crippen LogP contribution in [0.1, 0.15) is 16.7 Å². The third kappa shape index (κ3) is 2.65. The number of aromatic nitrogens is 2. The summed E-state index contributed by atoms with van der Waals surface area (Å²) in [6.45, 7) is 6.28. The molecule has 0 unspecified atom stereocenters. The summed E-state index contributed by atoms with van der Waals surface area (Å²) >= 11 is 0. The quantitative estimate of drug-likeness (QED) is 0.802. The Balaban J connectivity index is 2.18. The van der Waals surface area contributed by atoms with Crippen molar-refractivity contribution in [3.63, 3.8) is 0 Å². The number of fused-ring (bicyclic) bond motifs is 1. The summed E-state index contributed by atoms with van der Waals surface area (Å²) in [5, 5.41) is 0. The third-order valence-electron chi connectivity index (χ3n) is 3.88. The number of aryl methyl sites for hydroxylation is 1. The lowest BCUT2D eigenvalue weighted by molar-refractivity contribution is 0.407. The fourth-order valence-corrected chi connectivity index (χ4v) is 2.81. The molecule has 0 fully saturated rings. The highest BCUT2D eigenvalue weighted by Crippen LogP contribution is 2.28. The van der Waals surface area contributed by atoms with Crippen molar-refractivity contribution >= 4 is 16.7 Å². The van der Waals surface area contributed by atoms with Crippen LogP contribution in [-0.4, -0.2) is 16.7 Å². The molecule has 0 bridgehead atoms. The van der Waals surface area contributed by atoms with Crippen LogP contribution in [0.25, 0.3) is 16.7 Å². The molecule has 3 aromatic rings. The number of halogens is 1. The molecule has 0 saturated heterocycles. The second-order valence-electron chi connectivity index (χ2n) is 5.48. The molecule has 0 atom stereocenters. The van der Waals surface area contributed by atoms with Crippen LogP contribution in [0, 0.1) is 12.7 Å². The zero-order valence-electron chi connectivity index (χ0n) is 13.1. The lowest BCUT2D eigenvalue weighted by atomic mass is 10.1. The molecule has 0 amide bonds. The van der Waals surface area contributed by atoms with Gasteiger partial charge in [-0.2, -0.15) is 0 Å². The normalized spacial score (nSPS) is 10.9. The Morgan fingerprint density at radius 3 is 2.87 bits per heavy atom. The van der Waals surface area contributed by atoms with E-state index in [1.165, 1.54) is 12.1 Å². The predicted octanol–water partition coefficient (Wildman–Crippen LogP) is 3.47. The van der Waals surface area contributed by atoms with E-state index in [4.69, 9.17) is 10.5 Å². The first-order valence-corrected chi connectivity index (χ1v) is 7.23. The van der Waals surface area contributed by atoms with Gasteiger partial charge in [0.15, 0.2) is 0 Å². The lowest BCUT2D eigenvalue weighted by Gasteiger charge is -2.11. The summed E-state index contributed by atoms with van der Waals surface area (Å²) in [6, 6.07) is 6.43. The van der Waals surface area contributed by atoms with Gasteiger partial charge in [0, 0.05) is 29.2 Å². The van der Waals surface area contributed by atoms with Crippen molar-refractivity contribution in [2.75, 3.05) is 7.11 Å². The van der Waals surface area contributed by atoms with Crippen molar-refractivity contribution in [2.45, 2.75) is 13.5 Å². The first-order chi connectivity index (χ1) is 11.0. The first-order valence-electron chi connectivity index (χ1n) is 7.23. The number of hydrogen-bond acceptors (Lipinski definition) is 3. The topological polar surface area (TPSA) is 53.1 Å². The zero-order valence-corrected chi connectivity index (χ0v) is 13.1. The summed E-state index contributed by atoms with van der Waals surface area (Å²) in [7, 11) is 1.57. The maximum Gasteiger partial charge on any atom is 0.124 e. The van der Waals surface area contributed by atoms with Gasteiger partial charge in [-0.15, -0.1) is 0 Å². The van der Waals surface area contributed by atoms with E-state index in [-0.39, 0.29) is 5.82 Å². The Labute approximate surface area is 134 Å². The minimum absolute atomic E-state index is 0.296. The van der Waals surface area contributed by atoms with E-state index in [2.05, 4.69) is 11.6 Å². The molecule has 2 heterocycles. The van der Waals surface area contributed by atoms with E-state index in [0.717, 1.165) is 27.7 Å². The fourth-order valence-electron chi connectivity index (χ4n) is 2.81. The van der Waals surface area contributed by atoms with Crippen molar-refractivity contribution in [3.8, 4) is 5.75 Å². The van der Waals surface area contributed by atoms with Crippen molar-refractivity contribution in [2.24, 2.45) is 5.73 Å². The van der Waals surface area contributed by atoms with Gasteiger partial charge in [0.25, 0.3) is 0 Å². The number of methoxy groups -OCH3 is 1. The molecule has 0 saturated carbocycles. The average Bonchev–Trinajstić information content (AvgIpc) is 2.88. The Morgan fingerprint density at radius 2 is 2.17 bits per heavy atom.